The number of urea groups is 1. The molecule has 19 heavy (non-hydrogen) atoms. The number of likely N-dealkylation sites (N-methyl/N-ethyl adjacent to an activating group) is 1. The molecule has 2 unspecified atom stereocenters. The molecule has 106 valence electrons. The Bertz CT molecular complexity index is 424. The van der Waals surface area contributed by atoms with Crippen molar-refractivity contribution in [1.29, 1.82) is 0 Å². The highest BCUT2D eigenvalue weighted by atomic mass is 32.2. The number of rotatable bonds is 3. The first-order valence-corrected chi connectivity index (χ1v) is 7.64. The molecule has 2 rings (SSSR count). The molecular formula is C12H20N4O2S. The number of nitrogens with zero attached hydrogens (tertiary/aromatic N) is 3. The van der Waals surface area contributed by atoms with Crippen molar-refractivity contribution in [3.63, 3.8) is 0 Å². The zero-order valence-corrected chi connectivity index (χ0v) is 12.5. The number of nitrogens with one attached hydrogen (secondary N) is 1. The van der Waals surface area contributed by atoms with E-state index in [0.717, 1.165) is 18.1 Å². The molecule has 0 spiro atoms. The average Bonchev–Trinajstić information content (AvgIpc) is 2.72. The zero-order valence-electron chi connectivity index (χ0n) is 11.7. The molecule has 0 aromatic rings. The molecule has 3 amide bonds. The number of hydrogen-bond donors (Lipinski definition) is 1. The molecule has 0 bridgehead atoms. The summed E-state index contributed by atoms with van der Waals surface area (Å²) in [5, 5.41) is 3.23. The maximum Gasteiger partial charge on any atom is 0.325 e. The lowest BCUT2D eigenvalue weighted by Gasteiger charge is -2.36. The summed E-state index contributed by atoms with van der Waals surface area (Å²) >= 11 is 1.52. The first-order chi connectivity index (χ1) is 8.95. The van der Waals surface area contributed by atoms with E-state index in [1.807, 2.05) is 11.2 Å². The third kappa shape index (κ3) is 2.56. The van der Waals surface area contributed by atoms with Crippen LogP contribution < -0.4 is 5.32 Å². The zero-order chi connectivity index (χ0) is 14.2. The smallest absolute Gasteiger partial charge is 0.325 e. The van der Waals surface area contributed by atoms with Crippen molar-refractivity contribution < 1.29 is 9.59 Å². The second-order valence-corrected chi connectivity index (χ2v) is 6.03. The van der Waals surface area contributed by atoms with Crippen LogP contribution in [-0.4, -0.2) is 59.0 Å². The van der Waals surface area contributed by atoms with Gasteiger partial charge in [-0.1, -0.05) is 25.6 Å². The minimum atomic E-state index is -0.393. The minimum absolute atomic E-state index is 0.246. The van der Waals surface area contributed by atoms with Crippen LogP contribution in [0, 0.1) is 5.92 Å². The Labute approximate surface area is 117 Å². The van der Waals surface area contributed by atoms with Gasteiger partial charge in [0.2, 0.25) is 0 Å². The van der Waals surface area contributed by atoms with Gasteiger partial charge in [0.25, 0.3) is 5.91 Å². The maximum atomic E-state index is 12.1. The molecule has 0 aliphatic carbocycles. The van der Waals surface area contributed by atoms with Gasteiger partial charge in [0.1, 0.15) is 0 Å². The van der Waals surface area contributed by atoms with Gasteiger partial charge in [-0.05, 0) is 18.6 Å². The highest BCUT2D eigenvalue weighted by Gasteiger charge is 2.48. The van der Waals surface area contributed by atoms with Crippen molar-refractivity contribution >= 4 is 28.9 Å². The Morgan fingerprint density at radius 3 is 2.68 bits per heavy atom. The number of thioether (sulfide) groups is 1. The van der Waals surface area contributed by atoms with Crippen molar-refractivity contribution in [3.8, 4) is 0 Å². The third-order valence-electron chi connectivity index (χ3n) is 3.45. The first kappa shape index (κ1) is 14.2. The molecule has 2 aliphatic heterocycles. The highest BCUT2D eigenvalue weighted by Crippen LogP contribution is 2.27. The summed E-state index contributed by atoms with van der Waals surface area (Å²) in [6.45, 7) is 5.09. The lowest BCUT2D eigenvalue weighted by Crippen LogP contribution is -2.63. The molecule has 1 saturated heterocycles. The van der Waals surface area contributed by atoms with E-state index in [1.165, 1.54) is 16.7 Å². The van der Waals surface area contributed by atoms with Crippen molar-refractivity contribution in [2.75, 3.05) is 19.8 Å². The lowest BCUT2D eigenvalue weighted by atomic mass is 10.1. The Balaban J connectivity index is 2.21. The standard InChI is InChI=1S/C12H20N4O2S/c1-7(2)5-6-16-8-9(13-12(16)19-4)15(3)11(18)14-10(8)17/h7-9H,5-6H2,1-4H3,(H,14,17,18). The monoisotopic (exact) mass is 284 g/mol. The molecule has 0 aromatic carbocycles. The van der Waals surface area contributed by atoms with Gasteiger partial charge < -0.3 is 9.80 Å². The average molecular weight is 284 g/mol. The summed E-state index contributed by atoms with van der Waals surface area (Å²) in [7, 11) is 1.67. The topological polar surface area (TPSA) is 65.0 Å². The number of amidine groups is 1. The quantitative estimate of drug-likeness (QED) is 0.838. The molecule has 2 aliphatic rings. The normalized spacial score (nSPS) is 26.7. The van der Waals surface area contributed by atoms with Crippen LogP contribution in [0.25, 0.3) is 0 Å². The maximum absolute atomic E-state index is 12.1. The fourth-order valence-corrected chi connectivity index (χ4v) is 2.96. The van der Waals surface area contributed by atoms with E-state index in [9.17, 15) is 9.59 Å². The van der Waals surface area contributed by atoms with E-state index in [0.29, 0.717) is 5.92 Å². The Morgan fingerprint density at radius 2 is 2.11 bits per heavy atom. The Morgan fingerprint density at radius 1 is 1.42 bits per heavy atom. The SMILES string of the molecule is CSC1=NC2C(C(=O)NC(=O)N2C)N1CCC(C)C. The van der Waals surface area contributed by atoms with Crippen LogP contribution in [0.5, 0.6) is 0 Å². The van der Waals surface area contributed by atoms with Gasteiger partial charge in [-0.15, -0.1) is 0 Å². The summed E-state index contributed by atoms with van der Waals surface area (Å²) in [5.41, 5.74) is 0. The summed E-state index contributed by atoms with van der Waals surface area (Å²) in [6.07, 6.45) is 2.54. The molecule has 6 nitrogen and oxygen atoms in total. The second-order valence-electron chi connectivity index (χ2n) is 5.26. The number of aliphatic imine (C=N–C) groups is 1. The molecule has 2 heterocycles. The number of carbonyl (C=O) groups is 2. The van der Waals surface area contributed by atoms with Crippen LogP contribution in [-0.2, 0) is 4.79 Å². The number of amides is 3. The Kier molecular flexibility index (Phi) is 4.03. The van der Waals surface area contributed by atoms with E-state index in [2.05, 4.69) is 24.2 Å². The van der Waals surface area contributed by atoms with Gasteiger partial charge in [0.15, 0.2) is 17.4 Å². The van der Waals surface area contributed by atoms with Crippen molar-refractivity contribution in [1.82, 2.24) is 15.1 Å². The van der Waals surface area contributed by atoms with Crippen LogP contribution in [0.1, 0.15) is 20.3 Å². The second kappa shape index (κ2) is 5.40. The summed E-state index contributed by atoms with van der Waals surface area (Å²) in [6, 6.07) is -0.759. The van der Waals surface area contributed by atoms with E-state index in [4.69, 9.17) is 0 Å². The predicted octanol–water partition coefficient (Wildman–Crippen LogP) is 0.943. The summed E-state index contributed by atoms with van der Waals surface area (Å²) in [4.78, 5) is 31.7. The van der Waals surface area contributed by atoms with Crippen molar-refractivity contribution in [2.24, 2.45) is 10.9 Å². The number of carbonyl (C=O) groups excluding carboxylic acids is 2. The number of fused-ring (bicyclic) bond motifs is 1. The van der Waals surface area contributed by atoms with Gasteiger partial charge in [-0.3, -0.25) is 10.1 Å². The number of imide groups is 1. The minimum Gasteiger partial charge on any atom is -0.336 e. The summed E-state index contributed by atoms with van der Waals surface area (Å²) in [5.74, 6) is 0.317. The van der Waals surface area contributed by atoms with Gasteiger partial charge in [-0.2, -0.15) is 0 Å². The fourth-order valence-electron chi connectivity index (χ4n) is 2.30. The first-order valence-electron chi connectivity index (χ1n) is 6.41. The molecule has 1 fully saturated rings. The van der Waals surface area contributed by atoms with Gasteiger partial charge in [-0.25, -0.2) is 9.79 Å². The van der Waals surface area contributed by atoms with Crippen LogP contribution in [0.2, 0.25) is 0 Å². The molecule has 0 aromatic heterocycles. The van der Waals surface area contributed by atoms with Gasteiger partial charge >= 0.3 is 6.03 Å². The molecule has 2 atom stereocenters. The Hall–Kier alpha value is -1.24. The van der Waals surface area contributed by atoms with E-state index < -0.39 is 6.17 Å². The third-order valence-corrected chi connectivity index (χ3v) is 4.16. The van der Waals surface area contributed by atoms with E-state index in [1.54, 1.807) is 7.05 Å². The lowest BCUT2D eigenvalue weighted by molar-refractivity contribution is -0.127. The number of hydrogen-bond acceptors (Lipinski definition) is 5. The predicted molar refractivity (Wildman–Crippen MR) is 76.0 cm³/mol. The highest BCUT2D eigenvalue weighted by molar-refractivity contribution is 8.13. The van der Waals surface area contributed by atoms with E-state index >= 15 is 0 Å². The van der Waals surface area contributed by atoms with Gasteiger partial charge in [0.05, 0.1) is 0 Å². The van der Waals surface area contributed by atoms with Crippen LogP contribution in [0.15, 0.2) is 4.99 Å². The van der Waals surface area contributed by atoms with Crippen molar-refractivity contribution in [2.45, 2.75) is 32.5 Å². The fraction of sp³-hybridized carbons (Fsp3) is 0.750. The van der Waals surface area contributed by atoms with Crippen LogP contribution in [0.3, 0.4) is 0 Å². The van der Waals surface area contributed by atoms with Crippen molar-refractivity contribution in [3.05, 3.63) is 0 Å². The van der Waals surface area contributed by atoms with Crippen LogP contribution >= 0.6 is 11.8 Å². The van der Waals surface area contributed by atoms with Crippen LogP contribution in [0.4, 0.5) is 4.79 Å². The molecule has 0 radical (unpaired) electrons. The molecule has 0 saturated carbocycles. The molecule has 1 N–H and O–H groups in total. The summed E-state index contributed by atoms with van der Waals surface area (Å²) < 4.78 is 0. The molecular weight excluding hydrogens is 264 g/mol. The molecule has 7 heteroatoms. The van der Waals surface area contributed by atoms with E-state index in [-0.39, 0.29) is 18.0 Å². The largest absolute Gasteiger partial charge is 0.336 e. The van der Waals surface area contributed by atoms with Gasteiger partial charge in [0, 0.05) is 13.6 Å².